The molecule has 0 saturated carbocycles. The van der Waals surface area contributed by atoms with Crippen molar-refractivity contribution in [3.05, 3.63) is 29.3 Å². The van der Waals surface area contributed by atoms with Gasteiger partial charge in [-0.05, 0) is 50.6 Å². The summed E-state index contributed by atoms with van der Waals surface area (Å²) in [6.07, 6.45) is 3.60. The first-order valence-electron chi connectivity index (χ1n) is 8.62. The summed E-state index contributed by atoms with van der Waals surface area (Å²) >= 11 is 0. The highest BCUT2D eigenvalue weighted by atomic mass is 32.2. The van der Waals surface area contributed by atoms with Crippen LogP contribution in [-0.2, 0) is 14.8 Å². The number of rotatable bonds is 4. The summed E-state index contributed by atoms with van der Waals surface area (Å²) < 4.78 is 28.7. The highest BCUT2D eigenvalue weighted by Crippen LogP contribution is 2.20. The lowest BCUT2D eigenvalue weighted by atomic mass is 10.0. The van der Waals surface area contributed by atoms with Crippen molar-refractivity contribution in [2.24, 2.45) is 5.14 Å². The van der Waals surface area contributed by atoms with Crippen LogP contribution in [0.3, 0.4) is 0 Å². The lowest BCUT2D eigenvalue weighted by molar-refractivity contribution is 0.0899. The van der Waals surface area contributed by atoms with Crippen LogP contribution in [0, 0.1) is 6.92 Å². The van der Waals surface area contributed by atoms with E-state index in [1.54, 1.807) is 13.0 Å². The number of likely N-dealkylation sites (tertiary alicyclic amines) is 1. The van der Waals surface area contributed by atoms with E-state index in [1.807, 2.05) is 0 Å². The van der Waals surface area contributed by atoms with Crippen LogP contribution in [0.4, 0.5) is 0 Å². The molecule has 2 fully saturated rings. The number of nitrogens with one attached hydrogen (secondary N) is 1. The Morgan fingerprint density at radius 2 is 1.96 bits per heavy atom. The van der Waals surface area contributed by atoms with Gasteiger partial charge in [0.2, 0.25) is 10.0 Å². The topological polar surface area (TPSA) is 102 Å². The number of nitrogens with two attached hydrogens (primary N) is 1. The molecule has 1 aromatic rings. The van der Waals surface area contributed by atoms with Gasteiger partial charge in [0.1, 0.15) is 0 Å². The molecule has 25 heavy (non-hydrogen) atoms. The number of primary sulfonamides is 1. The predicted molar refractivity (Wildman–Crippen MR) is 93.8 cm³/mol. The fraction of sp³-hybridized carbons (Fsp3) is 0.588. The molecule has 0 bridgehead atoms. The van der Waals surface area contributed by atoms with Crippen LogP contribution in [0.25, 0.3) is 0 Å². The number of hydrogen-bond donors (Lipinski definition) is 2. The third-order valence-electron chi connectivity index (χ3n) is 5.01. The molecule has 0 aliphatic carbocycles. The van der Waals surface area contributed by atoms with E-state index in [4.69, 9.17) is 9.88 Å². The predicted octanol–water partition coefficient (Wildman–Crippen LogP) is 0.626. The normalized spacial score (nSPS) is 25.0. The molecule has 1 amide bonds. The van der Waals surface area contributed by atoms with Crippen molar-refractivity contribution >= 4 is 15.9 Å². The molecule has 2 aliphatic heterocycles. The minimum Gasteiger partial charge on any atom is -0.378 e. The van der Waals surface area contributed by atoms with Gasteiger partial charge in [-0.1, -0.05) is 12.5 Å². The monoisotopic (exact) mass is 367 g/mol. The minimum atomic E-state index is -3.84. The molecular formula is C17H25N3O4S. The third kappa shape index (κ3) is 4.20. The molecule has 0 aromatic heterocycles. The molecule has 2 aliphatic rings. The number of aryl methyl sites for hydroxylation is 1. The summed E-state index contributed by atoms with van der Waals surface area (Å²) in [5.74, 6) is -0.291. The zero-order chi connectivity index (χ0) is 18.0. The molecule has 1 aromatic carbocycles. The SMILES string of the molecule is Cc1ccc(S(N)(=O)=O)cc1C(=O)N[C@H]1COC[C@@H]1N1CCCCC1. The molecule has 8 heteroatoms. The van der Waals surface area contributed by atoms with Crippen molar-refractivity contribution in [3.8, 4) is 0 Å². The van der Waals surface area contributed by atoms with Gasteiger partial charge in [-0.3, -0.25) is 9.69 Å². The Hall–Kier alpha value is -1.48. The number of hydrogen-bond acceptors (Lipinski definition) is 5. The number of ether oxygens (including phenoxy) is 1. The van der Waals surface area contributed by atoms with Gasteiger partial charge in [-0.15, -0.1) is 0 Å². The maximum absolute atomic E-state index is 12.7. The van der Waals surface area contributed by atoms with Crippen molar-refractivity contribution in [2.75, 3.05) is 26.3 Å². The van der Waals surface area contributed by atoms with E-state index in [9.17, 15) is 13.2 Å². The second kappa shape index (κ2) is 7.41. The van der Waals surface area contributed by atoms with Crippen molar-refractivity contribution in [1.82, 2.24) is 10.2 Å². The molecule has 3 rings (SSSR count). The van der Waals surface area contributed by atoms with Crippen molar-refractivity contribution < 1.29 is 17.9 Å². The Balaban J connectivity index is 1.75. The summed E-state index contributed by atoms with van der Waals surface area (Å²) in [4.78, 5) is 15.0. The van der Waals surface area contributed by atoms with Gasteiger partial charge in [-0.25, -0.2) is 13.6 Å². The van der Waals surface area contributed by atoms with Gasteiger partial charge in [0.25, 0.3) is 5.91 Å². The Bertz CT molecular complexity index is 744. The van der Waals surface area contributed by atoms with E-state index < -0.39 is 10.0 Å². The highest BCUT2D eigenvalue weighted by Gasteiger charge is 2.35. The Kier molecular flexibility index (Phi) is 5.43. The molecular weight excluding hydrogens is 342 g/mol. The van der Waals surface area contributed by atoms with Crippen molar-refractivity contribution in [2.45, 2.75) is 43.2 Å². The quantitative estimate of drug-likeness (QED) is 0.813. The van der Waals surface area contributed by atoms with E-state index in [0.717, 1.165) is 13.1 Å². The maximum atomic E-state index is 12.7. The molecule has 2 heterocycles. The summed E-state index contributed by atoms with van der Waals surface area (Å²) in [7, 11) is -3.84. The Morgan fingerprint density at radius 1 is 1.24 bits per heavy atom. The van der Waals surface area contributed by atoms with Gasteiger partial charge < -0.3 is 10.1 Å². The van der Waals surface area contributed by atoms with Crippen LogP contribution in [0.1, 0.15) is 35.2 Å². The number of carbonyl (C=O) groups excluding carboxylic acids is 1. The minimum absolute atomic E-state index is 0.0569. The first-order chi connectivity index (χ1) is 11.9. The summed E-state index contributed by atoms with van der Waals surface area (Å²) in [6, 6.07) is 4.43. The van der Waals surface area contributed by atoms with Crippen molar-refractivity contribution in [1.29, 1.82) is 0 Å². The summed E-state index contributed by atoms with van der Waals surface area (Å²) in [5, 5.41) is 8.19. The number of carbonyl (C=O) groups is 1. The zero-order valence-corrected chi connectivity index (χ0v) is 15.2. The lowest BCUT2D eigenvalue weighted by Gasteiger charge is -2.34. The van der Waals surface area contributed by atoms with Gasteiger partial charge in [0, 0.05) is 5.56 Å². The van der Waals surface area contributed by atoms with Crippen LogP contribution in [0.2, 0.25) is 0 Å². The highest BCUT2D eigenvalue weighted by molar-refractivity contribution is 7.89. The first-order valence-corrected chi connectivity index (χ1v) is 10.2. The maximum Gasteiger partial charge on any atom is 0.251 e. The summed E-state index contributed by atoms with van der Waals surface area (Å²) in [5.41, 5.74) is 1.04. The number of sulfonamides is 1. The zero-order valence-electron chi connectivity index (χ0n) is 14.4. The van der Waals surface area contributed by atoms with E-state index in [0.29, 0.717) is 24.3 Å². The summed E-state index contributed by atoms with van der Waals surface area (Å²) in [6.45, 7) is 4.91. The van der Waals surface area contributed by atoms with Crippen LogP contribution in [0.15, 0.2) is 23.1 Å². The standard InChI is InChI=1S/C17H25N3O4S/c1-12-5-6-13(25(18,22)23)9-14(12)17(21)19-15-10-24-11-16(15)20-7-3-2-4-8-20/h5-6,9,15-16H,2-4,7-8,10-11H2,1H3,(H,19,21)(H2,18,22,23)/t15-,16-/m0/s1. The molecule has 2 atom stereocenters. The van der Waals surface area contributed by atoms with E-state index >= 15 is 0 Å². The van der Waals surface area contributed by atoms with E-state index in [-0.39, 0.29) is 22.9 Å². The lowest BCUT2D eigenvalue weighted by Crippen LogP contribution is -2.52. The van der Waals surface area contributed by atoms with Gasteiger partial charge >= 0.3 is 0 Å². The van der Waals surface area contributed by atoms with Crippen LogP contribution in [-0.4, -0.2) is 57.6 Å². The molecule has 0 radical (unpaired) electrons. The molecule has 0 spiro atoms. The number of piperidine rings is 1. The molecule has 7 nitrogen and oxygen atoms in total. The van der Waals surface area contributed by atoms with E-state index in [1.165, 1.54) is 31.4 Å². The average molecular weight is 367 g/mol. The number of amides is 1. The van der Waals surface area contributed by atoms with Crippen molar-refractivity contribution in [3.63, 3.8) is 0 Å². The Labute approximate surface area is 148 Å². The fourth-order valence-electron chi connectivity index (χ4n) is 3.56. The third-order valence-corrected chi connectivity index (χ3v) is 5.92. The second-order valence-electron chi connectivity index (χ2n) is 6.80. The average Bonchev–Trinajstić information content (AvgIpc) is 3.03. The smallest absolute Gasteiger partial charge is 0.251 e. The first kappa shape index (κ1) is 18.3. The second-order valence-corrected chi connectivity index (χ2v) is 8.36. The Morgan fingerprint density at radius 3 is 2.64 bits per heavy atom. The molecule has 3 N–H and O–H groups in total. The van der Waals surface area contributed by atoms with Gasteiger partial charge in [0.05, 0.1) is 30.2 Å². The van der Waals surface area contributed by atoms with E-state index in [2.05, 4.69) is 10.2 Å². The van der Waals surface area contributed by atoms with Crippen LogP contribution < -0.4 is 10.5 Å². The molecule has 2 saturated heterocycles. The molecule has 0 unspecified atom stereocenters. The van der Waals surface area contributed by atoms with Crippen LogP contribution >= 0.6 is 0 Å². The number of benzene rings is 1. The number of nitrogens with zero attached hydrogens (tertiary/aromatic N) is 1. The molecule has 138 valence electrons. The fourth-order valence-corrected chi connectivity index (χ4v) is 4.10. The van der Waals surface area contributed by atoms with Gasteiger partial charge in [0.15, 0.2) is 0 Å². The largest absolute Gasteiger partial charge is 0.378 e. The van der Waals surface area contributed by atoms with Crippen LogP contribution in [0.5, 0.6) is 0 Å². The van der Waals surface area contributed by atoms with Gasteiger partial charge in [-0.2, -0.15) is 0 Å².